The van der Waals surface area contributed by atoms with E-state index in [1.165, 1.54) is 64.2 Å². The van der Waals surface area contributed by atoms with Crippen molar-refractivity contribution in [3.8, 4) is 0 Å². The summed E-state index contributed by atoms with van der Waals surface area (Å²) in [5.74, 6) is -0.875. The SMILES string of the molecule is CCCCCCCCCCCCP(CCC(=O)O)CCC(=O)OCC. The maximum Gasteiger partial charge on any atom is 0.306 e. The molecular formula is C20H39O4P. The van der Waals surface area contributed by atoms with Crippen molar-refractivity contribution < 1.29 is 19.4 Å². The molecule has 0 aromatic carbocycles. The van der Waals surface area contributed by atoms with Crippen LogP contribution < -0.4 is 0 Å². The van der Waals surface area contributed by atoms with Crippen molar-refractivity contribution in [2.24, 2.45) is 0 Å². The third-order valence-electron chi connectivity index (χ3n) is 4.41. The molecule has 0 aromatic rings. The van der Waals surface area contributed by atoms with Gasteiger partial charge in [0.1, 0.15) is 0 Å². The van der Waals surface area contributed by atoms with Gasteiger partial charge in [0.15, 0.2) is 0 Å². The molecule has 1 atom stereocenters. The summed E-state index contributed by atoms with van der Waals surface area (Å²) in [7, 11) is -0.353. The van der Waals surface area contributed by atoms with E-state index in [9.17, 15) is 9.59 Å². The summed E-state index contributed by atoms with van der Waals surface area (Å²) in [5, 5.41) is 8.89. The van der Waals surface area contributed by atoms with Gasteiger partial charge in [-0.25, -0.2) is 0 Å². The quantitative estimate of drug-likeness (QED) is 0.187. The number of carboxylic acid groups (broad SMARTS) is 1. The first-order valence-electron chi connectivity index (χ1n) is 10.2. The minimum Gasteiger partial charge on any atom is -0.481 e. The highest BCUT2D eigenvalue weighted by Gasteiger charge is 2.13. The Morgan fingerprint density at radius 3 is 1.80 bits per heavy atom. The number of carbonyl (C=O) groups excluding carboxylic acids is 1. The zero-order valence-corrected chi connectivity index (χ0v) is 17.3. The van der Waals surface area contributed by atoms with E-state index in [1.807, 2.05) is 6.92 Å². The van der Waals surface area contributed by atoms with Gasteiger partial charge in [-0.1, -0.05) is 64.7 Å². The molecule has 0 saturated heterocycles. The summed E-state index contributed by atoms with van der Waals surface area (Å²) in [4.78, 5) is 22.3. The number of hydrogen-bond acceptors (Lipinski definition) is 3. The van der Waals surface area contributed by atoms with E-state index in [1.54, 1.807) is 0 Å². The first-order valence-corrected chi connectivity index (χ1v) is 12.1. The molecule has 0 amide bonds. The zero-order chi connectivity index (χ0) is 18.8. The average molecular weight is 375 g/mol. The van der Waals surface area contributed by atoms with Crippen molar-refractivity contribution in [2.75, 3.05) is 25.1 Å². The van der Waals surface area contributed by atoms with Crippen molar-refractivity contribution in [3.05, 3.63) is 0 Å². The molecule has 0 saturated carbocycles. The first kappa shape index (κ1) is 24.4. The standard InChI is InChI=1S/C20H39O4P/c1-3-5-6-7-8-9-10-11-12-13-16-25(17-14-19(21)22)18-15-20(23)24-4-2/h3-18H2,1-2H3,(H,21,22). The smallest absolute Gasteiger partial charge is 0.306 e. The van der Waals surface area contributed by atoms with E-state index in [2.05, 4.69) is 6.92 Å². The van der Waals surface area contributed by atoms with Crippen LogP contribution in [0, 0.1) is 0 Å². The van der Waals surface area contributed by atoms with Crippen molar-refractivity contribution in [1.29, 1.82) is 0 Å². The van der Waals surface area contributed by atoms with Crippen molar-refractivity contribution in [2.45, 2.75) is 90.9 Å². The Kier molecular flexibility index (Phi) is 17.7. The minimum absolute atomic E-state index is 0.145. The van der Waals surface area contributed by atoms with Crippen LogP contribution in [0.5, 0.6) is 0 Å². The molecule has 0 aliphatic rings. The van der Waals surface area contributed by atoms with E-state index < -0.39 is 5.97 Å². The molecule has 0 radical (unpaired) electrons. The van der Waals surface area contributed by atoms with Crippen molar-refractivity contribution >= 4 is 19.9 Å². The minimum atomic E-state index is -0.730. The molecular weight excluding hydrogens is 335 g/mol. The van der Waals surface area contributed by atoms with E-state index in [4.69, 9.17) is 9.84 Å². The van der Waals surface area contributed by atoms with Crippen LogP contribution in [0.4, 0.5) is 0 Å². The van der Waals surface area contributed by atoms with Crippen LogP contribution in [0.2, 0.25) is 0 Å². The lowest BCUT2D eigenvalue weighted by Crippen LogP contribution is -2.08. The second-order valence-electron chi connectivity index (χ2n) is 6.72. The number of hydrogen-bond donors (Lipinski definition) is 1. The third kappa shape index (κ3) is 18.0. The van der Waals surface area contributed by atoms with Gasteiger partial charge in [0.2, 0.25) is 0 Å². The van der Waals surface area contributed by atoms with Crippen LogP contribution in [0.1, 0.15) is 90.9 Å². The van der Waals surface area contributed by atoms with Crippen LogP contribution in [0.25, 0.3) is 0 Å². The summed E-state index contributed by atoms with van der Waals surface area (Å²) in [6.07, 6.45) is 16.5. The molecule has 0 heterocycles. The maximum absolute atomic E-state index is 11.5. The van der Waals surface area contributed by atoms with Gasteiger partial charge in [-0.3, -0.25) is 9.59 Å². The Labute approximate surface area is 155 Å². The van der Waals surface area contributed by atoms with Crippen LogP contribution in [0.3, 0.4) is 0 Å². The summed E-state index contributed by atoms with van der Waals surface area (Å²) in [5.41, 5.74) is 0. The number of carboxylic acids is 1. The van der Waals surface area contributed by atoms with Gasteiger partial charge in [-0.15, -0.1) is 7.92 Å². The van der Waals surface area contributed by atoms with Crippen LogP contribution in [-0.2, 0) is 14.3 Å². The van der Waals surface area contributed by atoms with E-state index in [0.717, 1.165) is 18.5 Å². The van der Waals surface area contributed by atoms with Crippen LogP contribution in [-0.4, -0.2) is 42.1 Å². The van der Waals surface area contributed by atoms with Crippen molar-refractivity contribution in [1.82, 2.24) is 0 Å². The molecule has 148 valence electrons. The van der Waals surface area contributed by atoms with E-state index >= 15 is 0 Å². The van der Waals surface area contributed by atoms with Gasteiger partial charge in [0, 0.05) is 12.8 Å². The largest absolute Gasteiger partial charge is 0.481 e. The molecule has 0 fully saturated rings. The molecule has 0 rings (SSSR count). The predicted octanol–water partition coefficient (Wildman–Crippen LogP) is 5.82. The number of aliphatic carboxylic acids is 1. The summed E-state index contributed by atoms with van der Waals surface area (Å²) in [6, 6.07) is 0. The first-order chi connectivity index (χ1) is 12.1. The highest BCUT2D eigenvalue weighted by Crippen LogP contribution is 2.38. The lowest BCUT2D eigenvalue weighted by atomic mass is 10.1. The topological polar surface area (TPSA) is 63.6 Å². The van der Waals surface area contributed by atoms with Crippen LogP contribution >= 0.6 is 7.92 Å². The van der Waals surface area contributed by atoms with Crippen molar-refractivity contribution in [3.63, 3.8) is 0 Å². The summed E-state index contributed by atoms with van der Waals surface area (Å²) < 4.78 is 4.98. The molecule has 0 aromatic heterocycles. The third-order valence-corrected chi connectivity index (χ3v) is 7.07. The Bertz CT molecular complexity index is 334. The second-order valence-corrected chi connectivity index (χ2v) is 9.41. The Balaban J connectivity index is 3.74. The molecule has 4 nitrogen and oxygen atoms in total. The molecule has 1 N–H and O–H groups in total. The fourth-order valence-electron chi connectivity index (χ4n) is 2.89. The second kappa shape index (κ2) is 18.2. The maximum atomic E-state index is 11.5. The number of rotatable bonds is 18. The van der Waals surface area contributed by atoms with Gasteiger partial charge in [0.05, 0.1) is 6.61 Å². The fourth-order valence-corrected chi connectivity index (χ4v) is 5.24. The molecule has 0 bridgehead atoms. The number of esters is 1. The summed E-state index contributed by atoms with van der Waals surface area (Å²) >= 11 is 0. The van der Waals surface area contributed by atoms with Gasteiger partial charge in [0.25, 0.3) is 0 Å². The van der Waals surface area contributed by atoms with Gasteiger partial charge < -0.3 is 9.84 Å². The number of unbranched alkanes of at least 4 members (excludes halogenated alkanes) is 9. The number of ether oxygens (including phenoxy) is 1. The average Bonchev–Trinajstić information content (AvgIpc) is 2.58. The number of carbonyl (C=O) groups is 2. The highest BCUT2D eigenvalue weighted by atomic mass is 31.1. The van der Waals surface area contributed by atoms with Gasteiger partial charge in [-0.05, 0) is 31.8 Å². The molecule has 0 spiro atoms. The molecule has 1 unspecified atom stereocenters. The lowest BCUT2D eigenvalue weighted by molar-refractivity contribution is -0.142. The molecule has 0 aliphatic carbocycles. The lowest BCUT2D eigenvalue weighted by Gasteiger charge is -2.16. The molecule has 5 heteroatoms. The highest BCUT2D eigenvalue weighted by molar-refractivity contribution is 7.57. The predicted molar refractivity (Wildman–Crippen MR) is 107 cm³/mol. The van der Waals surface area contributed by atoms with Gasteiger partial charge in [-0.2, -0.15) is 0 Å². The summed E-state index contributed by atoms with van der Waals surface area (Å²) in [6.45, 7) is 4.48. The monoisotopic (exact) mass is 374 g/mol. The molecule has 25 heavy (non-hydrogen) atoms. The normalized spacial score (nSPS) is 12.1. The van der Waals surface area contributed by atoms with E-state index in [-0.39, 0.29) is 20.3 Å². The van der Waals surface area contributed by atoms with Crippen LogP contribution in [0.15, 0.2) is 0 Å². The van der Waals surface area contributed by atoms with Gasteiger partial charge >= 0.3 is 11.9 Å². The molecule has 0 aliphatic heterocycles. The van der Waals surface area contributed by atoms with E-state index in [0.29, 0.717) is 13.0 Å². The Hall–Kier alpha value is -0.630. The Morgan fingerprint density at radius 1 is 0.760 bits per heavy atom. The zero-order valence-electron chi connectivity index (χ0n) is 16.4. The Morgan fingerprint density at radius 2 is 1.28 bits per heavy atom. The fraction of sp³-hybridized carbons (Fsp3) is 0.900.